The number of nitro groups is 1. The predicted molar refractivity (Wildman–Crippen MR) is 96.2 cm³/mol. The first kappa shape index (κ1) is 17.6. The van der Waals surface area contributed by atoms with Gasteiger partial charge in [0.05, 0.1) is 12.0 Å². The molecule has 1 aromatic rings. The number of amides is 1. The minimum atomic E-state index is -0.505. The molecule has 1 saturated heterocycles. The van der Waals surface area contributed by atoms with Gasteiger partial charge in [-0.2, -0.15) is 4.99 Å². The van der Waals surface area contributed by atoms with E-state index in [4.69, 9.17) is 0 Å². The Morgan fingerprint density at radius 1 is 1.32 bits per heavy atom. The molecule has 1 amide bonds. The molecule has 10 heteroatoms. The average Bonchev–Trinajstić information content (AvgIpc) is 3.12. The number of hydrogen-bond acceptors (Lipinski definition) is 7. The number of amidine groups is 1. The molecule has 0 atom stereocenters. The summed E-state index contributed by atoms with van der Waals surface area (Å²) in [4.78, 5) is 35.6. The van der Waals surface area contributed by atoms with Crippen molar-refractivity contribution in [3.63, 3.8) is 0 Å². The average molecular weight is 364 g/mol. The van der Waals surface area contributed by atoms with Crippen LogP contribution in [0.3, 0.4) is 0 Å². The second-order valence-electron chi connectivity index (χ2n) is 6.22. The summed E-state index contributed by atoms with van der Waals surface area (Å²) in [5, 5.41) is 11.6. The minimum Gasteiger partial charge on any atom is -0.358 e. The molecule has 2 aliphatic rings. The van der Waals surface area contributed by atoms with E-state index in [1.807, 2.05) is 0 Å². The number of imidazole rings is 1. The molecule has 1 aromatic heterocycles. The summed E-state index contributed by atoms with van der Waals surface area (Å²) in [6, 6.07) is 0.511. The van der Waals surface area contributed by atoms with Gasteiger partial charge in [0.1, 0.15) is 6.20 Å². The van der Waals surface area contributed by atoms with Crippen LogP contribution < -0.4 is 0 Å². The van der Waals surface area contributed by atoms with Gasteiger partial charge in [-0.3, -0.25) is 9.69 Å². The molecule has 0 aromatic carbocycles. The molecule has 0 spiro atoms. The number of aliphatic imine (C=N–C) groups is 1. The molecular formula is C15H20N6O3S. The fourth-order valence-electron chi connectivity index (χ4n) is 2.80. The van der Waals surface area contributed by atoms with Crippen molar-refractivity contribution in [3.8, 4) is 0 Å². The third-order valence-electron chi connectivity index (χ3n) is 4.37. The van der Waals surface area contributed by atoms with Crippen LogP contribution in [0.2, 0.25) is 0 Å². The highest BCUT2D eigenvalue weighted by atomic mass is 32.2. The van der Waals surface area contributed by atoms with E-state index in [2.05, 4.69) is 33.6 Å². The van der Waals surface area contributed by atoms with Crippen LogP contribution in [0.5, 0.6) is 0 Å². The van der Waals surface area contributed by atoms with Gasteiger partial charge in [0.15, 0.2) is 5.17 Å². The smallest absolute Gasteiger partial charge is 0.342 e. The van der Waals surface area contributed by atoms with Gasteiger partial charge in [-0.1, -0.05) is 0 Å². The van der Waals surface area contributed by atoms with E-state index in [1.165, 1.54) is 22.5 Å². The van der Waals surface area contributed by atoms with Crippen LogP contribution in [0, 0.1) is 10.1 Å². The van der Waals surface area contributed by atoms with Crippen molar-refractivity contribution >= 4 is 34.7 Å². The largest absolute Gasteiger partial charge is 0.358 e. The van der Waals surface area contributed by atoms with Crippen LogP contribution in [-0.2, 0) is 11.8 Å². The van der Waals surface area contributed by atoms with Crippen LogP contribution in [0.1, 0.15) is 19.7 Å². The molecule has 25 heavy (non-hydrogen) atoms. The van der Waals surface area contributed by atoms with Gasteiger partial charge in [-0.05, 0) is 30.5 Å². The molecule has 0 bridgehead atoms. The van der Waals surface area contributed by atoms with Gasteiger partial charge < -0.3 is 15.0 Å². The van der Waals surface area contributed by atoms with Crippen LogP contribution in [-0.4, -0.2) is 67.6 Å². The van der Waals surface area contributed by atoms with E-state index in [1.54, 1.807) is 13.1 Å². The number of piperazine rings is 1. The molecule has 0 aliphatic carbocycles. The molecule has 0 radical (unpaired) electrons. The Labute approximate surface area is 149 Å². The number of hydrogen-bond donors (Lipinski definition) is 0. The van der Waals surface area contributed by atoms with E-state index in [0.717, 1.165) is 26.2 Å². The third-order valence-corrected chi connectivity index (χ3v) is 5.42. The van der Waals surface area contributed by atoms with Gasteiger partial charge in [0.2, 0.25) is 5.82 Å². The Morgan fingerprint density at radius 2 is 2.00 bits per heavy atom. The zero-order valence-electron chi connectivity index (χ0n) is 14.4. The maximum Gasteiger partial charge on any atom is 0.342 e. The first-order valence-corrected chi connectivity index (χ1v) is 8.86. The second kappa shape index (κ2) is 6.96. The van der Waals surface area contributed by atoms with Crippen LogP contribution in [0.15, 0.2) is 16.1 Å². The van der Waals surface area contributed by atoms with Gasteiger partial charge in [-0.15, -0.1) is 0 Å². The van der Waals surface area contributed by atoms with Crippen molar-refractivity contribution in [2.45, 2.75) is 19.9 Å². The van der Waals surface area contributed by atoms with Crippen LogP contribution in [0.4, 0.5) is 5.82 Å². The minimum absolute atomic E-state index is 0.117. The summed E-state index contributed by atoms with van der Waals surface area (Å²) in [7, 11) is 1.55. The lowest BCUT2D eigenvalue weighted by Crippen LogP contribution is -2.49. The lowest BCUT2D eigenvalue weighted by molar-refractivity contribution is -0.391. The monoisotopic (exact) mass is 364 g/mol. The lowest BCUT2D eigenvalue weighted by Gasteiger charge is -2.37. The van der Waals surface area contributed by atoms with E-state index in [9.17, 15) is 14.9 Å². The normalized spacial score (nSPS) is 20.6. The fraction of sp³-hybridized carbons (Fsp3) is 0.533. The van der Waals surface area contributed by atoms with Gasteiger partial charge in [0.25, 0.3) is 5.91 Å². The quantitative estimate of drug-likeness (QED) is 0.453. The van der Waals surface area contributed by atoms with Gasteiger partial charge in [-0.25, -0.2) is 9.55 Å². The Bertz CT molecular complexity index is 761. The number of thioether (sulfide) groups is 1. The summed E-state index contributed by atoms with van der Waals surface area (Å²) >= 11 is 1.30. The van der Waals surface area contributed by atoms with E-state index >= 15 is 0 Å². The summed E-state index contributed by atoms with van der Waals surface area (Å²) in [6.07, 6.45) is 2.74. The fourth-order valence-corrected chi connectivity index (χ4v) is 3.73. The first-order valence-electron chi connectivity index (χ1n) is 8.04. The van der Waals surface area contributed by atoms with Crippen molar-refractivity contribution in [1.82, 2.24) is 19.4 Å². The third kappa shape index (κ3) is 3.59. The maximum atomic E-state index is 12.2. The maximum absolute atomic E-state index is 12.2. The van der Waals surface area contributed by atoms with E-state index in [-0.39, 0.29) is 11.7 Å². The van der Waals surface area contributed by atoms with Crippen molar-refractivity contribution in [3.05, 3.63) is 27.0 Å². The SMILES string of the molecule is CC(C)N1CCN(C2=NC(=O)C(=Cc3ncc([N+](=O)[O-])n3C)S2)CC1. The van der Waals surface area contributed by atoms with Crippen molar-refractivity contribution in [2.24, 2.45) is 12.0 Å². The highest BCUT2D eigenvalue weighted by molar-refractivity contribution is 8.18. The molecule has 1 fully saturated rings. The number of nitrogens with zero attached hydrogens (tertiary/aromatic N) is 6. The van der Waals surface area contributed by atoms with Crippen molar-refractivity contribution < 1.29 is 9.72 Å². The number of aromatic nitrogens is 2. The number of carbonyl (C=O) groups is 1. The molecule has 0 unspecified atom stereocenters. The molecular weight excluding hydrogens is 344 g/mol. The highest BCUT2D eigenvalue weighted by Gasteiger charge is 2.30. The Kier molecular flexibility index (Phi) is 4.91. The van der Waals surface area contributed by atoms with Gasteiger partial charge >= 0.3 is 5.82 Å². The second-order valence-corrected chi connectivity index (χ2v) is 7.23. The molecule has 0 saturated carbocycles. The number of carbonyl (C=O) groups excluding carboxylic acids is 1. The Hall–Kier alpha value is -2.20. The summed E-state index contributed by atoms with van der Waals surface area (Å²) in [5.41, 5.74) is 0. The highest BCUT2D eigenvalue weighted by Crippen LogP contribution is 2.31. The molecule has 3 rings (SSSR count). The molecule has 0 N–H and O–H groups in total. The van der Waals surface area contributed by atoms with Crippen LogP contribution >= 0.6 is 11.8 Å². The summed E-state index contributed by atoms with van der Waals surface area (Å²) < 4.78 is 1.35. The molecule has 134 valence electrons. The lowest BCUT2D eigenvalue weighted by atomic mass is 10.2. The van der Waals surface area contributed by atoms with Gasteiger partial charge in [0, 0.05) is 38.3 Å². The Balaban J connectivity index is 1.70. The first-order chi connectivity index (χ1) is 11.9. The summed E-state index contributed by atoms with van der Waals surface area (Å²) in [6.45, 7) is 7.89. The zero-order chi connectivity index (χ0) is 18.1. The Morgan fingerprint density at radius 3 is 2.56 bits per heavy atom. The molecule has 2 aliphatic heterocycles. The predicted octanol–water partition coefficient (Wildman–Crippen LogP) is 1.32. The van der Waals surface area contributed by atoms with Crippen molar-refractivity contribution in [1.29, 1.82) is 0 Å². The van der Waals surface area contributed by atoms with Crippen molar-refractivity contribution in [2.75, 3.05) is 26.2 Å². The van der Waals surface area contributed by atoms with Crippen LogP contribution in [0.25, 0.3) is 6.08 Å². The van der Waals surface area contributed by atoms with E-state index in [0.29, 0.717) is 21.9 Å². The topological polar surface area (TPSA) is 96.9 Å². The molecule has 3 heterocycles. The standard InChI is InChI=1S/C15H20N6O3S/c1-10(2)19-4-6-20(7-5-19)15-17-14(22)11(25-15)8-12-16-9-13(18(12)3)21(23)24/h8-10H,4-7H2,1-3H3. The summed E-state index contributed by atoms with van der Waals surface area (Å²) in [5.74, 6) is -0.0752. The zero-order valence-corrected chi connectivity index (χ0v) is 15.2. The molecule has 9 nitrogen and oxygen atoms in total. The van der Waals surface area contributed by atoms with E-state index < -0.39 is 4.92 Å². The number of rotatable bonds is 3.